The molecule has 0 bridgehead atoms. The van der Waals surface area contributed by atoms with Crippen molar-refractivity contribution in [1.29, 1.82) is 0 Å². The summed E-state index contributed by atoms with van der Waals surface area (Å²) in [6.45, 7) is 2.39. The van der Waals surface area contributed by atoms with E-state index in [1.165, 1.54) is 0 Å². The summed E-state index contributed by atoms with van der Waals surface area (Å²) < 4.78 is 80.7. The van der Waals surface area contributed by atoms with Crippen molar-refractivity contribution >= 4 is 5.82 Å². The molecule has 2 fully saturated rings. The van der Waals surface area contributed by atoms with E-state index >= 15 is 0 Å². The van der Waals surface area contributed by atoms with Gasteiger partial charge < -0.3 is 14.4 Å². The second-order valence-corrected chi connectivity index (χ2v) is 9.42. The largest absolute Gasteiger partial charge is 0.451 e. The van der Waals surface area contributed by atoms with Gasteiger partial charge in [0.15, 0.2) is 17.4 Å². The van der Waals surface area contributed by atoms with Gasteiger partial charge in [-0.3, -0.25) is 9.55 Å². The normalized spacial score (nSPS) is 22.8. The molecule has 2 aliphatic heterocycles. The van der Waals surface area contributed by atoms with Crippen LogP contribution < -0.4 is 15.3 Å². The quantitative estimate of drug-likeness (QED) is 0.469. The van der Waals surface area contributed by atoms with Crippen LogP contribution in [0.4, 0.5) is 27.8 Å². The first-order chi connectivity index (χ1) is 17.7. The zero-order chi connectivity index (χ0) is 25.9. The van der Waals surface area contributed by atoms with E-state index in [1.54, 1.807) is 4.57 Å². The molecule has 7 nitrogen and oxygen atoms in total. The number of hydrogen-bond acceptors (Lipinski definition) is 6. The summed E-state index contributed by atoms with van der Waals surface area (Å²) in [7, 11) is 0. The third-order valence-corrected chi connectivity index (χ3v) is 7.08. The van der Waals surface area contributed by atoms with Crippen molar-refractivity contribution < 1.29 is 31.4 Å². The second-order valence-electron chi connectivity index (χ2n) is 9.42. The summed E-state index contributed by atoms with van der Waals surface area (Å²) >= 11 is 0. The van der Waals surface area contributed by atoms with Crippen molar-refractivity contribution in [2.75, 3.05) is 24.7 Å². The van der Waals surface area contributed by atoms with Crippen molar-refractivity contribution in [3.63, 3.8) is 0 Å². The number of hydrogen-bond donors (Lipinski definition) is 0. The van der Waals surface area contributed by atoms with Crippen LogP contribution in [0.2, 0.25) is 0 Å². The first-order valence-electron chi connectivity index (χ1n) is 11.9. The second kappa shape index (κ2) is 8.79. The molecule has 3 aromatic rings. The summed E-state index contributed by atoms with van der Waals surface area (Å²) in [5, 5.41) is 0. The Morgan fingerprint density at radius 2 is 1.84 bits per heavy atom. The zero-order valence-corrected chi connectivity index (χ0v) is 19.3. The van der Waals surface area contributed by atoms with Gasteiger partial charge in [0.1, 0.15) is 17.3 Å². The Morgan fingerprint density at radius 1 is 1.05 bits per heavy atom. The Labute approximate surface area is 207 Å². The van der Waals surface area contributed by atoms with Crippen LogP contribution in [0.3, 0.4) is 0 Å². The Hall–Kier alpha value is -3.54. The number of fused-ring (bicyclic) bond motifs is 3. The predicted molar refractivity (Wildman–Crippen MR) is 121 cm³/mol. The van der Waals surface area contributed by atoms with E-state index in [9.17, 15) is 26.7 Å². The molecule has 0 N–H and O–H groups in total. The van der Waals surface area contributed by atoms with Crippen LogP contribution in [0.1, 0.15) is 41.6 Å². The van der Waals surface area contributed by atoms with Crippen molar-refractivity contribution in [2.24, 2.45) is 0 Å². The molecule has 37 heavy (non-hydrogen) atoms. The molecule has 0 spiro atoms. The third kappa shape index (κ3) is 4.43. The molecule has 1 saturated heterocycles. The van der Waals surface area contributed by atoms with E-state index in [0.29, 0.717) is 50.0 Å². The fourth-order valence-electron chi connectivity index (χ4n) is 5.15. The number of benzene rings is 1. The molecule has 3 atom stereocenters. The van der Waals surface area contributed by atoms with Gasteiger partial charge in [-0.05, 0) is 42.5 Å². The lowest BCUT2D eigenvalue weighted by molar-refractivity contribution is -0.141. The van der Waals surface area contributed by atoms with E-state index in [0.717, 1.165) is 36.6 Å². The molecule has 0 radical (unpaired) electrons. The smallest absolute Gasteiger partial charge is 0.433 e. The number of halogens is 5. The van der Waals surface area contributed by atoms with Crippen molar-refractivity contribution in [3.8, 4) is 11.5 Å². The van der Waals surface area contributed by atoms with Gasteiger partial charge in [-0.1, -0.05) is 0 Å². The Kier molecular flexibility index (Phi) is 5.66. The van der Waals surface area contributed by atoms with Crippen molar-refractivity contribution in [3.05, 3.63) is 75.6 Å². The van der Waals surface area contributed by atoms with E-state index < -0.39 is 35.0 Å². The van der Waals surface area contributed by atoms with E-state index in [2.05, 4.69) is 14.9 Å². The molecule has 12 heteroatoms. The molecule has 2 aromatic heterocycles. The van der Waals surface area contributed by atoms with Crippen LogP contribution in [0.15, 0.2) is 41.3 Å². The maximum absolute atomic E-state index is 14.8. The lowest BCUT2D eigenvalue weighted by Gasteiger charge is -2.41. The topological polar surface area (TPSA) is 69.5 Å². The first kappa shape index (κ1) is 23.8. The van der Waals surface area contributed by atoms with E-state index in [-0.39, 0.29) is 23.6 Å². The van der Waals surface area contributed by atoms with E-state index in [4.69, 9.17) is 9.47 Å². The molecular weight excluding hydrogens is 499 g/mol. The number of rotatable bonds is 4. The van der Waals surface area contributed by atoms with E-state index in [1.807, 2.05) is 6.07 Å². The predicted octanol–water partition coefficient (Wildman–Crippen LogP) is 4.61. The van der Waals surface area contributed by atoms with Gasteiger partial charge in [-0.25, -0.2) is 13.6 Å². The molecule has 194 valence electrons. The molecule has 6 rings (SSSR count). The summed E-state index contributed by atoms with van der Waals surface area (Å²) in [4.78, 5) is 22.3. The molecule has 3 aliphatic rings. The van der Waals surface area contributed by atoms with Crippen LogP contribution in [0.5, 0.6) is 11.5 Å². The van der Waals surface area contributed by atoms with Gasteiger partial charge >= 0.3 is 11.9 Å². The molecule has 1 saturated carbocycles. The molecule has 1 aromatic carbocycles. The number of pyridine rings is 1. The third-order valence-electron chi connectivity index (χ3n) is 7.08. The Balaban J connectivity index is 1.24. The van der Waals surface area contributed by atoms with Gasteiger partial charge in [0.05, 0.1) is 24.9 Å². The minimum Gasteiger partial charge on any atom is -0.451 e. The van der Waals surface area contributed by atoms with Gasteiger partial charge in [-0.2, -0.15) is 18.2 Å². The highest BCUT2D eigenvalue weighted by Gasteiger charge is 2.43. The molecular formula is C25H21F5N4O3. The average Bonchev–Trinajstić information content (AvgIpc) is 3.67. The minimum atomic E-state index is -4.73. The summed E-state index contributed by atoms with van der Waals surface area (Å²) in [6.07, 6.45) is -2.52. The molecule has 1 aliphatic carbocycles. The van der Waals surface area contributed by atoms with Crippen LogP contribution in [0, 0.1) is 11.6 Å². The fourth-order valence-corrected chi connectivity index (χ4v) is 5.15. The number of nitrogens with zero attached hydrogens (tertiary/aromatic N) is 4. The number of alkyl halides is 3. The summed E-state index contributed by atoms with van der Waals surface area (Å²) in [6, 6.07) is 5.95. The molecule has 0 unspecified atom stereocenters. The van der Waals surface area contributed by atoms with Crippen molar-refractivity contribution in [1.82, 2.24) is 14.5 Å². The molecule has 0 amide bonds. The highest BCUT2D eigenvalue weighted by molar-refractivity contribution is 5.47. The lowest BCUT2D eigenvalue weighted by atomic mass is 10.1. The Bertz CT molecular complexity index is 1400. The highest BCUT2D eigenvalue weighted by Crippen LogP contribution is 2.55. The lowest BCUT2D eigenvalue weighted by Crippen LogP contribution is -2.51. The number of ether oxygens (including phenoxy) is 2. The van der Waals surface area contributed by atoms with Gasteiger partial charge in [0, 0.05) is 37.3 Å². The maximum atomic E-state index is 14.8. The average molecular weight is 520 g/mol. The van der Waals surface area contributed by atoms with Crippen LogP contribution >= 0.6 is 0 Å². The number of morpholine rings is 1. The van der Waals surface area contributed by atoms with Crippen molar-refractivity contribution in [2.45, 2.75) is 43.4 Å². The van der Waals surface area contributed by atoms with Gasteiger partial charge in [0.2, 0.25) is 0 Å². The number of anilines is 1. The van der Waals surface area contributed by atoms with Gasteiger partial charge in [-0.15, -0.1) is 0 Å². The summed E-state index contributed by atoms with van der Waals surface area (Å²) in [5.74, 6) is -2.92. The monoisotopic (exact) mass is 520 g/mol. The fraction of sp³-hybridized carbons (Fsp3) is 0.400. The zero-order valence-electron chi connectivity index (χ0n) is 19.3. The van der Waals surface area contributed by atoms with Crippen LogP contribution in [-0.4, -0.2) is 40.3 Å². The molecule has 4 heterocycles. The first-order valence-corrected chi connectivity index (χ1v) is 11.9. The summed E-state index contributed by atoms with van der Waals surface area (Å²) in [5.41, 5.74) is -0.646. The highest BCUT2D eigenvalue weighted by atomic mass is 19.4. The standard InChI is InChI=1S/C25H21F5N4O3/c26-18-7-13(8-19(27)23(18)37-15-1-3-31-21(9-15)25(28,29)30)16-10-17(16)20-11-22-33-5-6-36-12-14(33)2-4-34(22)24(35)32-20/h1,3,7-9,11,14,16-17H,2,4-6,10,12H2/t14-,16-,17+/m1/s1. The van der Waals surface area contributed by atoms with Crippen LogP contribution in [-0.2, 0) is 17.5 Å². The number of aromatic nitrogens is 3. The Morgan fingerprint density at radius 3 is 2.59 bits per heavy atom. The van der Waals surface area contributed by atoms with Crippen LogP contribution in [0.25, 0.3) is 0 Å². The minimum absolute atomic E-state index is 0.180. The van der Waals surface area contributed by atoms with Gasteiger partial charge in [0.25, 0.3) is 0 Å². The maximum Gasteiger partial charge on any atom is 0.433 e. The SMILES string of the molecule is O=c1nc([C@H]2C[C@@H]2c2cc(F)c(Oc3ccnc(C(F)(F)F)c3)c(F)c2)cc2n1CC[C@@H]1COCCN21.